The number of rotatable bonds is 8. The van der Waals surface area contributed by atoms with E-state index >= 15 is 0 Å². The van der Waals surface area contributed by atoms with Crippen LogP contribution in [0.3, 0.4) is 0 Å². The lowest BCUT2D eigenvalue weighted by molar-refractivity contribution is -0.122. The van der Waals surface area contributed by atoms with Gasteiger partial charge in [-0.1, -0.05) is 12.1 Å². The topological polar surface area (TPSA) is 77.2 Å². The Morgan fingerprint density at radius 2 is 2.04 bits per heavy atom. The molecule has 150 valence electrons. The molecule has 6 heteroatoms. The van der Waals surface area contributed by atoms with Crippen LogP contribution in [0.15, 0.2) is 48.7 Å². The van der Waals surface area contributed by atoms with Crippen molar-refractivity contribution in [1.29, 1.82) is 0 Å². The summed E-state index contributed by atoms with van der Waals surface area (Å²) in [5.74, 6) is 0.911. The highest BCUT2D eigenvalue weighted by molar-refractivity contribution is 5.76. The summed E-state index contributed by atoms with van der Waals surface area (Å²) < 4.78 is 18.7. The van der Waals surface area contributed by atoms with E-state index < -0.39 is 0 Å². The number of pyridine rings is 1. The average molecular weight is 385 g/mol. The standard InChI is InChI=1S/C22H28FN3O2/c23-18-4-3-5-19(14-18)28-13-11-21(27)26-22(20-6-1-2-12-25-20)17-9-7-16(15-24)8-10-17/h1-6,12,14,16-17,22H,7-11,13,15,24H2,(H,26,27). The van der Waals surface area contributed by atoms with Gasteiger partial charge in [0.2, 0.25) is 5.91 Å². The van der Waals surface area contributed by atoms with Crippen LogP contribution in [-0.4, -0.2) is 24.0 Å². The van der Waals surface area contributed by atoms with E-state index in [1.807, 2.05) is 18.2 Å². The molecule has 0 saturated heterocycles. The van der Waals surface area contributed by atoms with Gasteiger partial charge in [0.15, 0.2) is 0 Å². The summed E-state index contributed by atoms with van der Waals surface area (Å²) in [5, 5.41) is 3.15. The predicted octanol–water partition coefficient (Wildman–Crippen LogP) is 3.61. The number of carbonyl (C=O) groups is 1. The largest absolute Gasteiger partial charge is 0.493 e. The Morgan fingerprint density at radius 1 is 1.21 bits per heavy atom. The number of hydrogen-bond donors (Lipinski definition) is 2. The van der Waals surface area contributed by atoms with Crippen molar-refractivity contribution in [2.45, 2.75) is 38.1 Å². The molecule has 1 aliphatic rings. The number of carbonyl (C=O) groups excluding carboxylic acids is 1. The van der Waals surface area contributed by atoms with Crippen LogP contribution in [0.25, 0.3) is 0 Å². The van der Waals surface area contributed by atoms with Gasteiger partial charge in [-0.05, 0) is 68.3 Å². The fraction of sp³-hybridized carbons (Fsp3) is 0.455. The van der Waals surface area contributed by atoms with Crippen molar-refractivity contribution < 1.29 is 13.9 Å². The Bertz CT molecular complexity index is 748. The first-order valence-corrected chi connectivity index (χ1v) is 9.94. The van der Waals surface area contributed by atoms with Gasteiger partial charge in [-0.15, -0.1) is 0 Å². The fourth-order valence-corrected chi connectivity index (χ4v) is 3.81. The van der Waals surface area contributed by atoms with E-state index in [4.69, 9.17) is 10.5 Å². The molecule has 1 amide bonds. The highest BCUT2D eigenvalue weighted by Gasteiger charge is 2.30. The molecule has 5 nitrogen and oxygen atoms in total. The first-order valence-electron chi connectivity index (χ1n) is 9.94. The smallest absolute Gasteiger partial charge is 0.223 e. The number of aromatic nitrogens is 1. The van der Waals surface area contributed by atoms with Gasteiger partial charge < -0.3 is 15.8 Å². The number of nitrogens with two attached hydrogens (primary N) is 1. The molecule has 28 heavy (non-hydrogen) atoms. The maximum Gasteiger partial charge on any atom is 0.223 e. The van der Waals surface area contributed by atoms with Crippen molar-refractivity contribution in [1.82, 2.24) is 10.3 Å². The molecule has 1 atom stereocenters. The summed E-state index contributed by atoms with van der Waals surface area (Å²) in [6.07, 6.45) is 6.20. The van der Waals surface area contributed by atoms with Crippen molar-refractivity contribution in [3.8, 4) is 5.75 Å². The zero-order chi connectivity index (χ0) is 19.8. The van der Waals surface area contributed by atoms with E-state index in [-0.39, 0.29) is 30.8 Å². The molecule has 0 spiro atoms. The molecular formula is C22H28FN3O2. The second-order valence-corrected chi connectivity index (χ2v) is 7.37. The first kappa shape index (κ1) is 20.3. The number of halogens is 1. The lowest BCUT2D eigenvalue weighted by atomic mass is 9.77. The Balaban J connectivity index is 1.57. The number of amides is 1. The zero-order valence-corrected chi connectivity index (χ0v) is 16.0. The van der Waals surface area contributed by atoms with Crippen LogP contribution in [0.1, 0.15) is 43.8 Å². The summed E-state index contributed by atoms with van der Waals surface area (Å²) in [5.41, 5.74) is 6.70. The summed E-state index contributed by atoms with van der Waals surface area (Å²) in [4.78, 5) is 17.0. The normalized spacial score (nSPS) is 20.4. The van der Waals surface area contributed by atoms with Gasteiger partial charge in [0, 0.05) is 12.3 Å². The predicted molar refractivity (Wildman–Crippen MR) is 106 cm³/mol. The fourth-order valence-electron chi connectivity index (χ4n) is 3.81. The minimum atomic E-state index is -0.356. The maximum absolute atomic E-state index is 13.2. The number of hydrogen-bond acceptors (Lipinski definition) is 4. The van der Waals surface area contributed by atoms with Crippen LogP contribution in [0.4, 0.5) is 4.39 Å². The molecule has 3 rings (SSSR count). The second-order valence-electron chi connectivity index (χ2n) is 7.37. The molecule has 1 aromatic carbocycles. The van der Waals surface area contributed by atoms with Crippen molar-refractivity contribution >= 4 is 5.91 Å². The third-order valence-electron chi connectivity index (χ3n) is 5.41. The Kier molecular flexibility index (Phi) is 7.37. The molecule has 1 saturated carbocycles. The highest BCUT2D eigenvalue weighted by atomic mass is 19.1. The quantitative estimate of drug-likeness (QED) is 0.728. The molecule has 1 unspecified atom stereocenters. The molecule has 0 aliphatic heterocycles. The summed E-state index contributed by atoms with van der Waals surface area (Å²) in [7, 11) is 0. The van der Waals surface area contributed by atoms with E-state index in [1.54, 1.807) is 18.3 Å². The Morgan fingerprint density at radius 3 is 2.71 bits per heavy atom. The van der Waals surface area contributed by atoms with Crippen molar-refractivity contribution in [2.24, 2.45) is 17.6 Å². The SMILES string of the molecule is NCC1CCC(C(NC(=O)CCOc2cccc(F)c2)c2ccccn2)CC1. The van der Waals surface area contributed by atoms with Crippen molar-refractivity contribution in [2.75, 3.05) is 13.2 Å². The molecule has 0 radical (unpaired) electrons. The van der Waals surface area contributed by atoms with Gasteiger partial charge in [0.1, 0.15) is 11.6 Å². The molecule has 1 fully saturated rings. The van der Waals surface area contributed by atoms with Crippen LogP contribution in [-0.2, 0) is 4.79 Å². The summed E-state index contributed by atoms with van der Waals surface area (Å²) in [6, 6.07) is 11.6. The third kappa shape index (κ3) is 5.76. The van der Waals surface area contributed by atoms with Gasteiger partial charge in [-0.3, -0.25) is 9.78 Å². The van der Waals surface area contributed by atoms with Gasteiger partial charge in [-0.25, -0.2) is 4.39 Å². The Hall–Kier alpha value is -2.47. The van der Waals surface area contributed by atoms with E-state index in [2.05, 4.69) is 10.3 Å². The van der Waals surface area contributed by atoms with Crippen LogP contribution in [0.5, 0.6) is 5.75 Å². The Labute approximate surface area is 165 Å². The first-order chi connectivity index (χ1) is 13.7. The van der Waals surface area contributed by atoms with Crippen LogP contribution in [0, 0.1) is 17.7 Å². The molecule has 2 aromatic rings. The monoisotopic (exact) mass is 385 g/mol. The number of nitrogens with zero attached hydrogens (tertiary/aromatic N) is 1. The molecule has 0 bridgehead atoms. The highest BCUT2D eigenvalue weighted by Crippen LogP contribution is 2.36. The molecular weight excluding hydrogens is 357 g/mol. The van der Waals surface area contributed by atoms with Crippen LogP contribution < -0.4 is 15.8 Å². The number of ether oxygens (including phenoxy) is 1. The van der Waals surface area contributed by atoms with E-state index in [9.17, 15) is 9.18 Å². The summed E-state index contributed by atoms with van der Waals surface area (Å²) in [6.45, 7) is 0.925. The lowest BCUT2D eigenvalue weighted by Gasteiger charge is -2.33. The number of nitrogens with one attached hydrogen (secondary N) is 1. The maximum atomic E-state index is 13.2. The van der Waals surface area contributed by atoms with Crippen LogP contribution in [0.2, 0.25) is 0 Å². The van der Waals surface area contributed by atoms with E-state index in [0.717, 1.165) is 37.9 Å². The van der Waals surface area contributed by atoms with Crippen molar-refractivity contribution in [3.63, 3.8) is 0 Å². The minimum absolute atomic E-state index is 0.0898. The molecule has 1 aliphatic carbocycles. The van der Waals surface area contributed by atoms with Gasteiger partial charge in [0.25, 0.3) is 0 Å². The summed E-state index contributed by atoms with van der Waals surface area (Å²) >= 11 is 0. The van der Waals surface area contributed by atoms with Crippen molar-refractivity contribution in [3.05, 3.63) is 60.2 Å². The zero-order valence-electron chi connectivity index (χ0n) is 16.0. The van der Waals surface area contributed by atoms with Gasteiger partial charge in [0.05, 0.1) is 24.8 Å². The third-order valence-corrected chi connectivity index (χ3v) is 5.41. The number of benzene rings is 1. The average Bonchev–Trinajstić information content (AvgIpc) is 2.73. The van der Waals surface area contributed by atoms with Crippen LogP contribution >= 0.6 is 0 Å². The van der Waals surface area contributed by atoms with E-state index in [0.29, 0.717) is 17.6 Å². The molecule has 1 heterocycles. The van der Waals surface area contributed by atoms with Gasteiger partial charge in [-0.2, -0.15) is 0 Å². The van der Waals surface area contributed by atoms with Gasteiger partial charge >= 0.3 is 0 Å². The molecule has 1 aromatic heterocycles. The molecule has 3 N–H and O–H groups in total. The lowest BCUT2D eigenvalue weighted by Crippen LogP contribution is -2.36. The van der Waals surface area contributed by atoms with E-state index in [1.165, 1.54) is 12.1 Å². The second kappa shape index (κ2) is 10.2. The minimum Gasteiger partial charge on any atom is -0.493 e.